The Bertz CT molecular complexity index is 789. The van der Waals surface area contributed by atoms with Gasteiger partial charge in [-0.1, -0.05) is 6.07 Å². The molecule has 0 bridgehead atoms. The van der Waals surface area contributed by atoms with E-state index in [0.717, 1.165) is 31.7 Å². The summed E-state index contributed by atoms with van der Waals surface area (Å²) in [6.07, 6.45) is 2.16. The minimum absolute atomic E-state index is 0.0810. The number of carbonyl (C=O) groups is 1. The summed E-state index contributed by atoms with van der Waals surface area (Å²) in [5.41, 5.74) is 0.474. The molecule has 1 fully saturated rings. The molecule has 2 N–H and O–H groups in total. The van der Waals surface area contributed by atoms with Crippen LogP contribution in [0.2, 0.25) is 0 Å². The summed E-state index contributed by atoms with van der Waals surface area (Å²) in [6.45, 7) is 3.14. The number of hydrogen-bond donors (Lipinski definition) is 2. The van der Waals surface area contributed by atoms with Crippen LogP contribution in [0.1, 0.15) is 34.7 Å². The molecular weight excluding hydrogens is 360 g/mol. The highest BCUT2D eigenvalue weighted by molar-refractivity contribution is 5.97. The van der Waals surface area contributed by atoms with E-state index in [2.05, 4.69) is 10.2 Å². The van der Waals surface area contributed by atoms with Crippen LogP contribution in [0.4, 0.5) is 0 Å². The minimum Gasteiger partial charge on any atom is -0.493 e. The van der Waals surface area contributed by atoms with Crippen LogP contribution in [0, 0.1) is 5.92 Å². The van der Waals surface area contributed by atoms with E-state index in [1.165, 1.54) is 7.11 Å². The molecule has 1 aromatic heterocycles. The number of ether oxygens (including phenoxy) is 2. The van der Waals surface area contributed by atoms with Crippen molar-refractivity contribution in [3.8, 4) is 11.5 Å². The number of piperidine rings is 1. The molecule has 0 spiro atoms. The number of rotatable bonds is 8. The molecule has 1 aromatic carbocycles. The number of carbonyl (C=O) groups excluding carboxylic acids is 1. The number of benzene rings is 1. The zero-order valence-corrected chi connectivity index (χ0v) is 16.4. The lowest BCUT2D eigenvalue weighted by Crippen LogP contribution is -2.40. The highest BCUT2D eigenvalue weighted by Gasteiger charge is 2.23. The van der Waals surface area contributed by atoms with Crippen LogP contribution in [0.3, 0.4) is 0 Å². The van der Waals surface area contributed by atoms with Gasteiger partial charge in [0.1, 0.15) is 18.1 Å². The van der Waals surface area contributed by atoms with E-state index in [9.17, 15) is 4.79 Å². The van der Waals surface area contributed by atoms with Crippen LogP contribution in [-0.4, -0.2) is 49.8 Å². The first-order valence-corrected chi connectivity index (χ1v) is 9.54. The first-order chi connectivity index (χ1) is 13.6. The third-order valence-corrected chi connectivity index (χ3v) is 5.05. The number of methoxy groups -OCH3 is 2. The van der Waals surface area contributed by atoms with Gasteiger partial charge in [-0.05, 0) is 49.6 Å². The quantitative estimate of drug-likeness (QED) is 0.723. The molecule has 0 saturated carbocycles. The van der Waals surface area contributed by atoms with Crippen LogP contribution in [0.5, 0.6) is 11.5 Å². The highest BCUT2D eigenvalue weighted by Crippen LogP contribution is 2.30. The van der Waals surface area contributed by atoms with Crippen LogP contribution < -0.4 is 14.8 Å². The van der Waals surface area contributed by atoms with Gasteiger partial charge in [0.2, 0.25) is 0 Å². The molecule has 7 heteroatoms. The van der Waals surface area contributed by atoms with E-state index in [1.807, 2.05) is 6.07 Å². The fraction of sp³-hybridized carbons (Fsp3) is 0.476. The van der Waals surface area contributed by atoms with Crippen molar-refractivity contribution in [2.45, 2.75) is 26.0 Å². The minimum atomic E-state index is -0.161. The molecule has 0 aliphatic carbocycles. The highest BCUT2D eigenvalue weighted by atomic mass is 16.5. The summed E-state index contributed by atoms with van der Waals surface area (Å²) < 4.78 is 16.2. The van der Waals surface area contributed by atoms with E-state index >= 15 is 0 Å². The average Bonchev–Trinajstić information content (AvgIpc) is 3.19. The molecular formula is C21H28N2O5. The third-order valence-electron chi connectivity index (χ3n) is 5.05. The van der Waals surface area contributed by atoms with Crippen molar-refractivity contribution in [3.05, 3.63) is 47.4 Å². The molecule has 152 valence electrons. The van der Waals surface area contributed by atoms with E-state index in [1.54, 1.807) is 31.4 Å². The summed E-state index contributed by atoms with van der Waals surface area (Å²) in [7, 11) is 3.09. The first-order valence-electron chi connectivity index (χ1n) is 9.54. The summed E-state index contributed by atoms with van der Waals surface area (Å²) in [5, 5.41) is 12.2. The Morgan fingerprint density at radius 1 is 1.25 bits per heavy atom. The van der Waals surface area contributed by atoms with Crippen molar-refractivity contribution in [1.29, 1.82) is 0 Å². The number of aliphatic hydroxyl groups excluding tert-OH is 1. The van der Waals surface area contributed by atoms with Gasteiger partial charge < -0.3 is 24.3 Å². The maximum Gasteiger partial charge on any atom is 0.255 e. The van der Waals surface area contributed by atoms with E-state index in [-0.39, 0.29) is 12.5 Å². The number of furan rings is 1. The molecule has 1 atom stereocenters. The molecule has 2 aromatic rings. The molecule has 1 unspecified atom stereocenters. The van der Waals surface area contributed by atoms with Crippen LogP contribution >= 0.6 is 0 Å². The molecule has 7 nitrogen and oxygen atoms in total. The lowest BCUT2D eigenvalue weighted by atomic mass is 9.97. The molecule has 1 aliphatic rings. The van der Waals surface area contributed by atoms with E-state index in [4.69, 9.17) is 19.0 Å². The Kier molecular flexibility index (Phi) is 6.95. The molecule has 1 aliphatic heterocycles. The predicted molar refractivity (Wildman–Crippen MR) is 105 cm³/mol. The largest absolute Gasteiger partial charge is 0.493 e. The zero-order chi connectivity index (χ0) is 19.9. The van der Waals surface area contributed by atoms with Gasteiger partial charge >= 0.3 is 0 Å². The number of hydrogen-bond acceptors (Lipinski definition) is 6. The Hall–Kier alpha value is -2.51. The summed E-state index contributed by atoms with van der Waals surface area (Å²) in [6, 6.07) is 9.00. The molecule has 0 radical (unpaired) electrons. The monoisotopic (exact) mass is 388 g/mol. The van der Waals surface area contributed by atoms with E-state index in [0.29, 0.717) is 41.8 Å². The maximum absolute atomic E-state index is 12.6. The van der Waals surface area contributed by atoms with Crippen molar-refractivity contribution in [2.75, 3.05) is 33.9 Å². The third kappa shape index (κ3) is 4.85. The Balaban J connectivity index is 1.55. The second-order valence-electron chi connectivity index (χ2n) is 7.02. The smallest absolute Gasteiger partial charge is 0.255 e. The Morgan fingerprint density at radius 3 is 2.79 bits per heavy atom. The number of nitrogens with one attached hydrogen (secondary N) is 1. The van der Waals surface area contributed by atoms with Gasteiger partial charge in [-0.3, -0.25) is 9.69 Å². The standard InChI is InChI=1S/C21H28N2O5/c1-26-19-7-3-6-18(20(19)27-2)21(25)22-11-15-5-4-10-23(12-15)13-16-8-9-17(14-24)28-16/h3,6-9,15,24H,4-5,10-14H2,1-2H3,(H,22,25). The van der Waals surface area contributed by atoms with E-state index < -0.39 is 0 Å². The molecule has 2 heterocycles. The SMILES string of the molecule is COc1cccc(C(=O)NCC2CCCN(Cc3ccc(CO)o3)C2)c1OC. The first kappa shape index (κ1) is 20.2. The van der Waals surface area contributed by atoms with Gasteiger partial charge in [0.25, 0.3) is 5.91 Å². The fourth-order valence-electron chi connectivity index (χ4n) is 3.67. The van der Waals surface area contributed by atoms with Crippen molar-refractivity contribution in [3.63, 3.8) is 0 Å². The summed E-state index contributed by atoms with van der Waals surface area (Å²) in [5.74, 6) is 2.65. The molecule has 1 saturated heterocycles. The second-order valence-corrected chi connectivity index (χ2v) is 7.02. The topological polar surface area (TPSA) is 84.2 Å². The lowest BCUT2D eigenvalue weighted by molar-refractivity contribution is 0.0924. The van der Waals surface area contributed by atoms with Crippen LogP contribution in [0.25, 0.3) is 0 Å². The number of para-hydroxylation sites is 1. The normalized spacial score (nSPS) is 17.3. The van der Waals surface area contributed by atoms with Gasteiger partial charge in [-0.25, -0.2) is 0 Å². The number of aliphatic hydroxyl groups is 1. The van der Waals surface area contributed by atoms with Gasteiger partial charge in [-0.2, -0.15) is 0 Å². The van der Waals surface area contributed by atoms with Crippen molar-refractivity contribution < 1.29 is 23.8 Å². The van der Waals surface area contributed by atoms with Crippen LogP contribution in [0.15, 0.2) is 34.7 Å². The van der Waals surface area contributed by atoms with Crippen LogP contribution in [-0.2, 0) is 13.2 Å². The summed E-state index contributed by atoms with van der Waals surface area (Å²) >= 11 is 0. The lowest BCUT2D eigenvalue weighted by Gasteiger charge is -2.32. The average molecular weight is 388 g/mol. The summed E-state index contributed by atoms with van der Waals surface area (Å²) in [4.78, 5) is 15.0. The van der Waals surface area contributed by atoms with Gasteiger partial charge in [0.05, 0.1) is 26.3 Å². The van der Waals surface area contributed by atoms with Crippen molar-refractivity contribution >= 4 is 5.91 Å². The number of amides is 1. The molecule has 1 amide bonds. The molecule has 28 heavy (non-hydrogen) atoms. The zero-order valence-electron chi connectivity index (χ0n) is 16.4. The predicted octanol–water partition coefficient (Wildman–Crippen LogP) is 2.43. The van der Waals surface area contributed by atoms with Crippen molar-refractivity contribution in [1.82, 2.24) is 10.2 Å². The Labute approximate surface area is 165 Å². The Morgan fingerprint density at radius 2 is 2.07 bits per heavy atom. The number of likely N-dealkylation sites (tertiary alicyclic amines) is 1. The van der Waals surface area contributed by atoms with Crippen molar-refractivity contribution in [2.24, 2.45) is 5.92 Å². The van der Waals surface area contributed by atoms with Gasteiger partial charge in [0.15, 0.2) is 11.5 Å². The number of nitrogens with zero attached hydrogens (tertiary/aromatic N) is 1. The van der Waals surface area contributed by atoms with Gasteiger partial charge in [0, 0.05) is 13.1 Å². The molecule has 3 rings (SSSR count). The fourth-order valence-corrected chi connectivity index (χ4v) is 3.67. The second kappa shape index (κ2) is 9.61. The van der Waals surface area contributed by atoms with Gasteiger partial charge in [-0.15, -0.1) is 0 Å². The maximum atomic E-state index is 12.6.